The molecule has 1 aliphatic rings. The zero-order chi connectivity index (χ0) is 24.0. The van der Waals surface area contributed by atoms with E-state index in [9.17, 15) is 9.59 Å². The van der Waals surface area contributed by atoms with E-state index < -0.39 is 0 Å². The van der Waals surface area contributed by atoms with E-state index >= 15 is 0 Å². The number of halogens is 2. The molecule has 1 aliphatic heterocycles. The van der Waals surface area contributed by atoms with Crippen LogP contribution < -0.4 is 14.8 Å². The van der Waals surface area contributed by atoms with Gasteiger partial charge in [-0.2, -0.15) is 0 Å². The van der Waals surface area contributed by atoms with E-state index in [1.165, 1.54) is 11.8 Å². The predicted octanol–water partition coefficient (Wildman–Crippen LogP) is 6.02. The summed E-state index contributed by atoms with van der Waals surface area (Å²) in [6, 6.07) is 10.1. The molecule has 1 heterocycles. The van der Waals surface area contributed by atoms with Crippen LogP contribution in [-0.4, -0.2) is 40.8 Å². The topological polar surface area (TPSA) is 67.9 Å². The summed E-state index contributed by atoms with van der Waals surface area (Å²) in [6.45, 7) is 4.63. The average Bonchev–Trinajstić information content (AvgIpc) is 3.03. The van der Waals surface area contributed by atoms with Crippen molar-refractivity contribution in [2.75, 3.05) is 25.1 Å². The summed E-state index contributed by atoms with van der Waals surface area (Å²) in [6.07, 6.45) is 2.61. The largest absolute Gasteiger partial charge is 0.490 e. The molecule has 1 saturated heterocycles. The third-order valence-corrected chi connectivity index (χ3v) is 6.57. The summed E-state index contributed by atoms with van der Waals surface area (Å²) >= 11 is 18.5. The molecule has 0 spiro atoms. The van der Waals surface area contributed by atoms with E-state index in [1.807, 2.05) is 13.8 Å². The Morgan fingerprint density at radius 3 is 2.61 bits per heavy atom. The van der Waals surface area contributed by atoms with Gasteiger partial charge in [-0.05, 0) is 55.3 Å². The lowest BCUT2D eigenvalue weighted by molar-refractivity contribution is -0.122. The normalized spacial score (nSPS) is 14.7. The molecule has 33 heavy (non-hydrogen) atoms. The molecular formula is C23H22Cl2N2O4S2. The minimum absolute atomic E-state index is 0.0934. The van der Waals surface area contributed by atoms with Gasteiger partial charge in [0.1, 0.15) is 4.32 Å². The van der Waals surface area contributed by atoms with E-state index in [0.29, 0.717) is 49.6 Å². The van der Waals surface area contributed by atoms with Gasteiger partial charge in [-0.25, -0.2) is 0 Å². The number of hydrogen-bond acceptors (Lipinski definition) is 6. The molecule has 0 radical (unpaired) electrons. The minimum atomic E-state index is -0.362. The zero-order valence-corrected chi connectivity index (χ0v) is 21.2. The maximum absolute atomic E-state index is 12.6. The first-order valence-corrected chi connectivity index (χ1v) is 12.2. The Bertz CT molecular complexity index is 1110. The van der Waals surface area contributed by atoms with Crippen LogP contribution in [0.3, 0.4) is 0 Å². The standard InChI is InChI=1S/C23H22Cl2N2O4S2/c1-3-9-27-22(29)20(33-23(27)32)11-14-5-8-18(19(10-14)30-4-2)31-13-21(28)26-15-6-7-16(24)17(25)12-15/h5-8,10-12H,3-4,9,13H2,1-2H3,(H,26,28)/b20-11-. The molecular weight excluding hydrogens is 503 g/mol. The van der Waals surface area contributed by atoms with Crippen molar-refractivity contribution in [2.45, 2.75) is 20.3 Å². The quantitative estimate of drug-likeness (QED) is 0.319. The number of carbonyl (C=O) groups is 2. The van der Waals surface area contributed by atoms with Crippen LogP contribution in [0.5, 0.6) is 11.5 Å². The van der Waals surface area contributed by atoms with Gasteiger partial charge in [0.05, 0.1) is 21.6 Å². The Kier molecular flexibility index (Phi) is 9.02. The maximum atomic E-state index is 12.6. The molecule has 3 rings (SSSR count). The third kappa shape index (κ3) is 6.63. The highest BCUT2D eigenvalue weighted by atomic mass is 35.5. The Morgan fingerprint density at radius 2 is 1.91 bits per heavy atom. The van der Waals surface area contributed by atoms with E-state index in [4.69, 9.17) is 44.9 Å². The molecule has 0 bridgehead atoms. The van der Waals surface area contributed by atoms with Crippen LogP contribution >= 0.6 is 47.2 Å². The van der Waals surface area contributed by atoms with Gasteiger partial charge in [-0.15, -0.1) is 0 Å². The molecule has 174 valence electrons. The van der Waals surface area contributed by atoms with Gasteiger partial charge in [0.15, 0.2) is 18.1 Å². The fourth-order valence-electron chi connectivity index (χ4n) is 2.98. The van der Waals surface area contributed by atoms with Crippen LogP contribution in [0.15, 0.2) is 41.3 Å². The van der Waals surface area contributed by atoms with Crippen LogP contribution in [0.1, 0.15) is 25.8 Å². The molecule has 10 heteroatoms. The molecule has 0 atom stereocenters. The maximum Gasteiger partial charge on any atom is 0.266 e. The zero-order valence-electron chi connectivity index (χ0n) is 18.0. The Labute approximate surface area is 212 Å². The van der Waals surface area contributed by atoms with Crippen molar-refractivity contribution in [3.63, 3.8) is 0 Å². The number of carbonyl (C=O) groups excluding carboxylic acids is 2. The average molecular weight is 525 g/mol. The smallest absolute Gasteiger partial charge is 0.266 e. The number of thiocarbonyl (C=S) groups is 1. The number of nitrogens with zero attached hydrogens (tertiary/aromatic N) is 1. The first-order chi connectivity index (χ1) is 15.8. The third-order valence-electron chi connectivity index (χ3n) is 4.45. The Hall–Kier alpha value is -2.26. The van der Waals surface area contributed by atoms with Gasteiger partial charge < -0.3 is 14.8 Å². The lowest BCUT2D eigenvalue weighted by Crippen LogP contribution is -2.28. The summed E-state index contributed by atoms with van der Waals surface area (Å²) in [5.74, 6) is 0.429. The van der Waals surface area contributed by atoms with Gasteiger partial charge in [-0.3, -0.25) is 14.5 Å². The number of ether oxygens (including phenoxy) is 2. The van der Waals surface area contributed by atoms with E-state index in [2.05, 4.69) is 5.32 Å². The van der Waals surface area contributed by atoms with Crippen molar-refractivity contribution in [2.24, 2.45) is 0 Å². The molecule has 0 aliphatic carbocycles. The van der Waals surface area contributed by atoms with Crippen LogP contribution in [0.25, 0.3) is 6.08 Å². The number of anilines is 1. The highest BCUT2D eigenvalue weighted by molar-refractivity contribution is 8.26. The SMILES string of the molecule is CCCN1C(=O)/C(=C/c2ccc(OCC(=O)Nc3ccc(Cl)c(Cl)c3)c(OCC)c2)SC1=S. The fourth-order valence-corrected chi connectivity index (χ4v) is 4.59. The number of thioether (sulfide) groups is 1. The lowest BCUT2D eigenvalue weighted by atomic mass is 10.2. The summed E-state index contributed by atoms with van der Waals surface area (Å²) in [4.78, 5) is 27.0. The minimum Gasteiger partial charge on any atom is -0.490 e. The van der Waals surface area contributed by atoms with Gasteiger partial charge in [0, 0.05) is 12.2 Å². The molecule has 1 fully saturated rings. The van der Waals surface area contributed by atoms with Crippen molar-refractivity contribution in [3.05, 3.63) is 56.9 Å². The summed E-state index contributed by atoms with van der Waals surface area (Å²) in [7, 11) is 0. The highest BCUT2D eigenvalue weighted by Crippen LogP contribution is 2.35. The Morgan fingerprint density at radius 1 is 1.12 bits per heavy atom. The molecule has 0 saturated carbocycles. The van der Waals surface area contributed by atoms with Crippen LogP contribution in [0.2, 0.25) is 10.0 Å². The monoisotopic (exact) mass is 524 g/mol. The van der Waals surface area contributed by atoms with Crippen molar-refractivity contribution < 1.29 is 19.1 Å². The van der Waals surface area contributed by atoms with E-state index in [0.717, 1.165) is 12.0 Å². The molecule has 2 aromatic carbocycles. The van der Waals surface area contributed by atoms with Gasteiger partial charge in [0.2, 0.25) is 0 Å². The molecule has 2 amide bonds. The summed E-state index contributed by atoms with van der Waals surface area (Å²) < 4.78 is 11.9. The second-order valence-electron chi connectivity index (χ2n) is 6.94. The second-order valence-corrected chi connectivity index (χ2v) is 9.43. The molecule has 6 nitrogen and oxygen atoms in total. The fraction of sp³-hybridized carbons (Fsp3) is 0.261. The lowest BCUT2D eigenvalue weighted by Gasteiger charge is -2.13. The van der Waals surface area contributed by atoms with Crippen molar-refractivity contribution in [1.29, 1.82) is 0 Å². The first-order valence-electron chi connectivity index (χ1n) is 10.2. The van der Waals surface area contributed by atoms with Gasteiger partial charge in [0.25, 0.3) is 11.8 Å². The van der Waals surface area contributed by atoms with E-state index in [-0.39, 0.29) is 18.4 Å². The van der Waals surface area contributed by atoms with Crippen molar-refractivity contribution in [3.8, 4) is 11.5 Å². The van der Waals surface area contributed by atoms with Crippen molar-refractivity contribution in [1.82, 2.24) is 4.90 Å². The number of rotatable bonds is 9. The van der Waals surface area contributed by atoms with Crippen molar-refractivity contribution >= 4 is 75.1 Å². The van der Waals surface area contributed by atoms with Gasteiger partial charge in [-0.1, -0.05) is 60.2 Å². The number of hydrogen-bond donors (Lipinski definition) is 1. The molecule has 2 aromatic rings. The number of benzene rings is 2. The predicted molar refractivity (Wildman–Crippen MR) is 138 cm³/mol. The molecule has 0 unspecified atom stereocenters. The molecule has 1 N–H and O–H groups in total. The highest BCUT2D eigenvalue weighted by Gasteiger charge is 2.31. The van der Waals surface area contributed by atoms with Gasteiger partial charge >= 0.3 is 0 Å². The summed E-state index contributed by atoms with van der Waals surface area (Å²) in [5.41, 5.74) is 1.28. The van der Waals surface area contributed by atoms with Crippen LogP contribution in [0.4, 0.5) is 5.69 Å². The molecule has 0 aromatic heterocycles. The van der Waals surface area contributed by atoms with Crippen LogP contribution in [-0.2, 0) is 9.59 Å². The number of nitrogens with one attached hydrogen (secondary N) is 1. The van der Waals surface area contributed by atoms with Crippen LogP contribution in [0, 0.1) is 0 Å². The Balaban J connectivity index is 1.69. The first kappa shape index (κ1) is 25.4. The second kappa shape index (κ2) is 11.7. The number of amides is 2. The summed E-state index contributed by atoms with van der Waals surface area (Å²) in [5, 5.41) is 3.45. The van der Waals surface area contributed by atoms with E-state index in [1.54, 1.807) is 47.4 Å².